The fourth-order valence-electron chi connectivity index (χ4n) is 6.70. The summed E-state index contributed by atoms with van der Waals surface area (Å²) in [5.74, 6) is -1.91. The molecular weight excluding hydrogens is 706 g/mol. The topological polar surface area (TPSA) is 93.2 Å². The number of carbonyl (C=O) groups excluding carboxylic acids is 4. The van der Waals surface area contributed by atoms with Crippen LogP contribution in [0.5, 0.6) is 23.0 Å². The van der Waals surface area contributed by atoms with Crippen LogP contribution >= 0.6 is 0 Å². The Balaban J connectivity index is 1.28. The van der Waals surface area contributed by atoms with Crippen molar-refractivity contribution >= 4 is 35.0 Å². The summed E-state index contributed by atoms with van der Waals surface area (Å²) in [6.45, 7) is 6.47. The van der Waals surface area contributed by atoms with Crippen LogP contribution in [0.1, 0.15) is 33.4 Å². The lowest BCUT2D eigenvalue weighted by atomic mass is 9.73. The Morgan fingerprint density at radius 2 is 0.698 bits per heavy atom. The lowest BCUT2D eigenvalue weighted by molar-refractivity contribution is -0.288. The van der Waals surface area contributed by atoms with Crippen LogP contribution in [0.2, 0.25) is 0 Å². The second kappa shape index (κ2) is 13.1. The second-order valence-electron chi connectivity index (χ2n) is 12.5. The Kier molecular flexibility index (Phi) is 9.05. The van der Waals surface area contributed by atoms with Crippen molar-refractivity contribution in [2.24, 2.45) is 0 Å². The summed E-state index contributed by atoms with van der Waals surface area (Å²) in [6.07, 6.45) is -7.18. The largest absolute Gasteiger partial charge is 0.457 e. The van der Waals surface area contributed by atoms with Crippen molar-refractivity contribution in [1.29, 1.82) is 0 Å². The third-order valence-corrected chi connectivity index (χ3v) is 8.89. The minimum atomic E-state index is -5.84. The maximum Gasteiger partial charge on any atom is 0.411 e. The van der Waals surface area contributed by atoms with Crippen LogP contribution in [0.25, 0.3) is 0 Å². The molecule has 0 aliphatic carbocycles. The van der Waals surface area contributed by atoms with Crippen molar-refractivity contribution in [2.45, 2.75) is 45.5 Å². The van der Waals surface area contributed by atoms with E-state index in [9.17, 15) is 45.5 Å². The average Bonchev–Trinajstić information content (AvgIpc) is 3.56. The zero-order chi connectivity index (χ0) is 38.6. The summed E-state index contributed by atoms with van der Waals surface area (Å²) in [5.41, 5.74) is -4.11. The molecule has 4 aromatic carbocycles. The molecule has 0 radical (unpaired) electrons. The number of halogens is 6. The SMILES string of the molecule is Cc1cc(Oc2ccc(C(c3ccc(Oc4cc(C)c(N5C(=O)C=CC5=O)c(C)c4)cc3)(C(F)(F)F)C(F)(F)F)cc2)cc(C)c1N1C(=O)C=CC1=O. The van der Waals surface area contributed by atoms with Crippen LogP contribution < -0.4 is 19.3 Å². The first-order chi connectivity index (χ1) is 24.8. The summed E-state index contributed by atoms with van der Waals surface area (Å²) in [6, 6.07) is 12.7. The van der Waals surface area contributed by atoms with Gasteiger partial charge in [0.1, 0.15) is 23.0 Å². The Labute approximate surface area is 298 Å². The van der Waals surface area contributed by atoms with E-state index in [4.69, 9.17) is 9.47 Å². The number of imide groups is 2. The van der Waals surface area contributed by atoms with Crippen molar-refractivity contribution in [1.82, 2.24) is 0 Å². The normalized spacial score (nSPS) is 14.9. The molecule has 0 bridgehead atoms. The number of carbonyl (C=O) groups is 4. The molecular formula is C39H28F6N2O6. The van der Waals surface area contributed by atoms with Gasteiger partial charge in [0.2, 0.25) is 5.41 Å². The monoisotopic (exact) mass is 734 g/mol. The van der Waals surface area contributed by atoms with Gasteiger partial charge >= 0.3 is 12.4 Å². The number of rotatable bonds is 8. The fourth-order valence-corrected chi connectivity index (χ4v) is 6.70. The quantitative estimate of drug-likeness (QED) is 0.133. The number of aryl methyl sites for hydroxylation is 4. The number of ether oxygens (including phenoxy) is 2. The van der Waals surface area contributed by atoms with Gasteiger partial charge in [-0.25, -0.2) is 9.80 Å². The van der Waals surface area contributed by atoms with E-state index in [-0.39, 0.29) is 23.0 Å². The smallest absolute Gasteiger partial charge is 0.411 e. The minimum absolute atomic E-state index is 0.0661. The Bertz CT molecular complexity index is 2000. The number of alkyl halides is 6. The van der Waals surface area contributed by atoms with E-state index in [1.165, 1.54) is 24.3 Å². The van der Waals surface area contributed by atoms with E-state index in [2.05, 4.69) is 0 Å². The minimum Gasteiger partial charge on any atom is -0.457 e. The Morgan fingerprint density at radius 3 is 0.943 bits per heavy atom. The Morgan fingerprint density at radius 1 is 0.434 bits per heavy atom. The Hall–Kier alpha value is -6.18. The highest BCUT2D eigenvalue weighted by Crippen LogP contribution is 2.56. The summed E-state index contributed by atoms with van der Waals surface area (Å²) < 4.78 is 101. The average molecular weight is 735 g/mol. The summed E-state index contributed by atoms with van der Waals surface area (Å²) in [7, 11) is 0. The number of hydrogen-bond acceptors (Lipinski definition) is 6. The van der Waals surface area contributed by atoms with Gasteiger partial charge in [0.15, 0.2) is 0 Å². The molecule has 0 atom stereocenters. The van der Waals surface area contributed by atoms with Crippen molar-refractivity contribution in [3.05, 3.63) is 130 Å². The van der Waals surface area contributed by atoms with Crippen molar-refractivity contribution in [3.63, 3.8) is 0 Å². The van der Waals surface area contributed by atoms with E-state index >= 15 is 0 Å². The van der Waals surface area contributed by atoms with Gasteiger partial charge in [0.25, 0.3) is 23.6 Å². The molecule has 0 N–H and O–H groups in total. The van der Waals surface area contributed by atoms with Gasteiger partial charge in [-0.3, -0.25) is 19.2 Å². The number of hydrogen-bond donors (Lipinski definition) is 0. The van der Waals surface area contributed by atoms with Crippen LogP contribution in [-0.2, 0) is 24.6 Å². The zero-order valence-electron chi connectivity index (χ0n) is 28.3. The van der Waals surface area contributed by atoms with Crippen LogP contribution in [0.15, 0.2) is 97.1 Å². The number of benzene rings is 4. The number of nitrogens with zero attached hydrogens (tertiary/aromatic N) is 2. The van der Waals surface area contributed by atoms with E-state index in [0.29, 0.717) is 57.9 Å². The van der Waals surface area contributed by atoms with E-state index in [1.54, 1.807) is 27.7 Å². The maximum absolute atomic E-state index is 14.9. The predicted octanol–water partition coefficient (Wildman–Crippen LogP) is 8.77. The molecule has 6 rings (SSSR count). The van der Waals surface area contributed by atoms with Crippen LogP contribution in [0, 0.1) is 27.7 Å². The van der Waals surface area contributed by atoms with Gasteiger partial charge in [0, 0.05) is 24.3 Å². The summed E-state index contributed by atoms with van der Waals surface area (Å²) in [4.78, 5) is 50.8. The van der Waals surface area contributed by atoms with Gasteiger partial charge in [-0.2, -0.15) is 26.3 Å². The van der Waals surface area contributed by atoms with Crippen molar-refractivity contribution in [2.75, 3.05) is 9.80 Å². The number of amides is 4. The summed E-state index contributed by atoms with van der Waals surface area (Å²) in [5, 5.41) is 0. The molecule has 4 aromatic rings. The van der Waals surface area contributed by atoms with E-state index in [1.807, 2.05) is 0 Å². The maximum atomic E-state index is 14.9. The highest BCUT2D eigenvalue weighted by molar-refractivity contribution is 6.29. The number of anilines is 2. The molecule has 53 heavy (non-hydrogen) atoms. The lowest BCUT2D eigenvalue weighted by Crippen LogP contribution is -2.54. The molecule has 272 valence electrons. The van der Waals surface area contributed by atoms with E-state index in [0.717, 1.165) is 58.4 Å². The van der Waals surface area contributed by atoms with Gasteiger partial charge in [-0.05, 0) is 110 Å². The molecule has 0 fully saturated rings. The van der Waals surface area contributed by atoms with E-state index < -0.39 is 52.5 Å². The van der Waals surface area contributed by atoms with Gasteiger partial charge in [-0.15, -0.1) is 0 Å². The van der Waals surface area contributed by atoms with Gasteiger partial charge in [0.05, 0.1) is 11.4 Å². The van der Waals surface area contributed by atoms with Crippen LogP contribution in [-0.4, -0.2) is 36.0 Å². The third kappa shape index (κ3) is 6.34. The molecule has 2 aliphatic heterocycles. The first-order valence-corrected chi connectivity index (χ1v) is 15.9. The molecule has 0 spiro atoms. The van der Waals surface area contributed by atoms with Crippen molar-refractivity contribution in [3.8, 4) is 23.0 Å². The van der Waals surface area contributed by atoms with Gasteiger partial charge in [-0.1, -0.05) is 24.3 Å². The summed E-state index contributed by atoms with van der Waals surface area (Å²) >= 11 is 0. The lowest BCUT2D eigenvalue weighted by Gasteiger charge is -2.38. The fraction of sp³-hybridized carbons (Fsp3) is 0.179. The molecule has 0 saturated carbocycles. The highest BCUT2D eigenvalue weighted by Gasteiger charge is 2.72. The first kappa shape index (κ1) is 36.6. The predicted molar refractivity (Wildman–Crippen MR) is 181 cm³/mol. The van der Waals surface area contributed by atoms with Crippen LogP contribution in [0.4, 0.5) is 37.7 Å². The molecule has 2 heterocycles. The standard InChI is InChI=1S/C39H28F6N2O6/c1-21-17-29(18-22(2)35(21)46-31(48)13-14-32(46)49)52-27-9-5-25(6-10-27)37(38(40,41)42,39(43,44)45)26-7-11-28(12-8-26)53-30-19-23(3)36(24(4)20-30)47-33(50)15-16-34(47)51/h5-20H,1-4H3. The molecule has 2 aliphatic rings. The molecule has 8 nitrogen and oxygen atoms in total. The second-order valence-corrected chi connectivity index (χ2v) is 12.5. The molecule has 4 amide bonds. The molecule has 0 saturated heterocycles. The van der Waals surface area contributed by atoms with Crippen molar-refractivity contribution < 1.29 is 55.0 Å². The molecule has 0 unspecified atom stereocenters. The van der Waals surface area contributed by atoms with Crippen LogP contribution in [0.3, 0.4) is 0 Å². The molecule has 14 heteroatoms. The molecule has 0 aromatic heterocycles. The van der Waals surface area contributed by atoms with Gasteiger partial charge < -0.3 is 9.47 Å². The zero-order valence-corrected chi connectivity index (χ0v) is 28.3. The highest BCUT2D eigenvalue weighted by atomic mass is 19.4. The third-order valence-electron chi connectivity index (χ3n) is 8.89. The first-order valence-electron chi connectivity index (χ1n) is 15.9.